The van der Waals surface area contributed by atoms with Crippen molar-refractivity contribution < 1.29 is 8.42 Å². The quantitative estimate of drug-likeness (QED) is 0.876. The molecule has 1 aromatic heterocycles. The van der Waals surface area contributed by atoms with E-state index in [1.807, 2.05) is 14.0 Å². The van der Waals surface area contributed by atoms with Gasteiger partial charge in [-0.25, -0.2) is 13.4 Å². The molecule has 7 heteroatoms. The minimum Gasteiger partial charge on any atom is -0.336 e. The van der Waals surface area contributed by atoms with Crippen molar-refractivity contribution in [3.63, 3.8) is 0 Å². The van der Waals surface area contributed by atoms with Crippen LogP contribution in [-0.2, 0) is 16.6 Å². The molecule has 1 N–H and O–H groups in total. The minimum absolute atomic E-state index is 0.157. The van der Waals surface area contributed by atoms with E-state index >= 15 is 0 Å². The highest BCUT2D eigenvalue weighted by Crippen LogP contribution is 2.22. The SMILES string of the molecule is CCn1cnc(S(=O)(=O)N2CCC(NC)C(C)C2)c1. The molecule has 1 fully saturated rings. The molecular formula is C12H22N4O2S. The molecule has 2 unspecified atom stereocenters. The van der Waals surface area contributed by atoms with Crippen LogP contribution in [0.25, 0.3) is 0 Å². The third-order valence-corrected chi connectivity index (χ3v) is 5.57. The summed E-state index contributed by atoms with van der Waals surface area (Å²) in [4.78, 5) is 4.02. The molecule has 2 rings (SSSR count). The van der Waals surface area contributed by atoms with Gasteiger partial charge >= 0.3 is 0 Å². The number of imidazole rings is 1. The lowest BCUT2D eigenvalue weighted by Gasteiger charge is -2.35. The third kappa shape index (κ3) is 2.82. The van der Waals surface area contributed by atoms with Gasteiger partial charge in [0.05, 0.1) is 6.33 Å². The molecule has 0 aliphatic carbocycles. The topological polar surface area (TPSA) is 67.2 Å². The summed E-state index contributed by atoms with van der Waals surface area (Å²) in [6, 6.07) is 0.389. The molecular weight excluding hydrogens is 264 g/mol. The number of hydrogen-bond acceptors (Lipinski definition) is 4. The van der Waals surface area contributed by atoms with Crippen LogP contribution in [0.1, 0.15) is 20.3 Å². The number of piperidine rings is 1. The first-order chi connectivity index (χ1) is 8.98. The second kappa shape index (κ2) is 5.60. The van der Waals surface area contributed by atoms with Crippen LogP contribution >= 0.6 is 0 Å². The van der Waals surface area contributed by atoms with Crippen LogP contribution in [0, 0.1) is 5.92 Å². The molecule has 2 atom stereocenters. The zero-order chi connectivity index (χ0) is 14.0. The smallest absolute Gasteiger partial charge is 0.262 e. The fraction of sp³-hybridized carbons (Fsp3) is 0.750. The van der Waals surface area contributed by atoms with Crippen LogP contribution in [0.4, 0.5) is 0 Å². The van der Waals surface area contributed by atoms with Gasteiger partial charge in [0.2, 0.25) is 0 Å². The van der Waals surface area contributed by atoms with Crippen molar-refractivity contribution in [3.05, 3.63) is 12.5 Å². The molecule has 1 aliphatic rings. The van der Waals surface area contributed by atoms with Crippen molar-refractivity contribution in [1.82, 2.24) is 19.2 Å². The summed E-state index contributed by atoms with van der Waals surface area (Å²) in [6.07, 6.45) is 4.01. The zero-order valence-electron chi connectivity index (χ0n) is 11.7. The first-order valence-corrected chi connectivity index (χ1v) is 8.12. The van der Waals surface area contributed by atoms with Crippen LogP contribution in [0.15, 0.2) is 17.6 Å². The Morgan fingerprint density at radius 3 is 2.79 bits per heavy atom. The van der Waals surface area contributed by atoms with Gasteiger partial charge in [-0.1, -0.05) is 6.92 Å². The summed E-state index contributed by atoms with van der Waals surface area (Å²) >= 11 is 0. The Morgan fingerprint density at radius 1 is 1.53 bits per heavy atom. The van der Waals surface area contributed by atoms with Crippen molar-refractivity contribution in [1.29, 1.82) is 0 Å². The van der Waals surface area contributed by atoms with Crippen molar-refractivity contribution in [2.24, 2.45) is 5.92 Å². The Kier molecular flexibility index (Phi) is 4.27. The number of nitrogens with one attached hydrogen (secondary N) is 1. The third-order valence-electron chi connectivity index (χ3n) is 3.82. The summed E-state index contributed by atoms with van der Waals surface area (Å²) in [5.74, 6) is 0.307. The van der Waals surface area contributed by atoms with Crippen molar-refractivity contribution in [3.8, 4) is 0 Å². The van der Waals surface area contributed by atoms with Crippen molar-refractivity contribution in [2.75, 3.05) is 20.1 Å². The van der Waals surface area contributed by atoms with Gasteiger partial charge in [-0.05, 0) is 26.3 Å². The van der Waals surface area contributed by atoms with Crippen LogP contribution < -0.4 is 5.32 Å². The maximum Gasteiger partial charge on any atom is 0.262 e. The Hall–Kier alpha value is -0.920. The van der Waals surface area contributed by atoms with Gasteiger partial charge in [0.1, 0.15) is 0 Å². The van der Waals surface area contributed by atoms with Crippen molar-refractivity contribution >= 4 is 10.0 Å². The molecule has 19 heavy (non-hydrogen) atoms. The normalized spacial score (nSPS) is 25.6. The van der Waals surface area contributed by atoms with E-state index in [9.17, 15) is 8.42 Å². The van der Waals surface area contributed by atoms with Gasteiger partial charge in [0, 0.05) is 31.9 Å². The number of nitrogens with zero attached hydrogens (tertiary/aromatic N) is 3. The van der Waals surface area contributed by atoms with Crippen molar-refractivity contribution in [2.45, 2.75) is 37.9 Å². The van der Waals surface area contributed by atoms with Crippen LogP contribution in [0.2, 0.25) is 0 Å². The first kappa shape index (κ1) is 14.5. The zero-order valence-corrected chi connectivity index (χ0v) is 12.5. The lowest BCUT2D eigenvalue weighted by atomic mass is 9.96. The molecule has 1 saturated heterocycles. The van der Waals surface area contributed by atoms with E-state index in [1.54, 1.807) is 21.4 Å². The molecule has 0 amide bonds. The Bertz CT molecular complexity index is 526. The highest BCUT2D eigenvalue weighted by molar-refractivity contribution is 7.89. The number of sulfonamides is 1. The average molecular weight is 286 g/mol. The van der Waals surface area contributed by atoms with Gasteiger partial charge < -0.3 is 9.88 Å². The van der Waals surface area contributed by atoms with Gasteiger partial charge in [0.15, 0.2) is 5.03 Å². The van der Waals surface area contributed by atoms with E-state index in [0.29, 0.717) is 25.0 Å². The summed E-state index contributed by atoms with van der Waals surface area (Å²) in [6.45, 7) is 5.86. The van der Waals surface area contributed by atoms with Crippen LogP contribution in [-0.4, -0.2) is 48.5 Å². The number of aromatic nitrogens is 2. The number of rotatable bonds is 4. The molecule has 0 saturated carbocycles. The van der Waals surface area contributed by atoms with Gasteiger partial charge in [0.25, 0.3) is 10.0 Å². The highest BCUT2D eigenvalue weighted by Gasteiger charge is 2.33. The van der Waals surface area contributed by atoms with Gasteiger partial charge in [-0.3, -0.25) is 0 Å². The summed E-state index contributed by atoms with van der Waals surface area (Å²) in [5.41, 5.74) is 0. The molecule has 1 aromatic rings. The van der Waals surface area contributed by atoms with Crippen LogP contribution in [0.3, 0.4) is 0 Å². The molecule has 108 valence electrons. The minimum atomic E-state index is -3.44. The standard InChI is InChI=1S/C12H22N4O2S/c1-4-15-8-12(14-9-15)19(17,18)16-6-5-11(13-3)10(2)7-16/h8-11,13H,4-7H2,1-3H3. The maximum absolute atomic E-state index is 12.5. The predicted octanol–water partition coefficient (Wildman–Crippen LogP) is 0.521. The summed E-state index contributed by atoms with van der Waals surface area (Å²) < 4.78 is 28.3. The van der Waals surface area contributed by atoms with E-state index in [1.165, 1.54) is 0 Å². The van der Waals surface area contributed by atoms with Gasteiger partial charge in [-0.2, -0.15) is 4.31 Å². The second-order valence-corrected chi connectivity index (χ2v) is 6.95. The Labute approximate surface area is 114 Å². The fourth-order valence-corrected chi connectivity index (χ4v) is 4.02. The fourth-order valence-electron chi connectivity index (χ4n) is 2.53. The monoisotopic (exact) mass is 286 g/mol. The molecule has 0 spiro atoms. The average Bonchev–Trinajstić information content (AvgIpc) is 2.88. The lowest BCUT2D eigenvalue weighted by molar-refractivity contribution is 0.227. The molecule has 0 bridgehead atoms. The summed E-state index contributed by atoms with van der Waals surface area (Å²) in [5, 5.41) is 3.39. The molecule has 0 aromatic carbocycles. The summed E-state index contributed by atoms with van der Waals surface area (Å²) in [7, 11) is -1.52. The van der Waals surface area contributed by atoms with E-state index in [2.05, 4.69) is 17.2 Å². The molecule has 1 aliphatic heterocycles. The maximum atomic E-state index is 12.5. The van der Waals surface area contributed by atoms with E-state index in [0.717, 1.165) is 13.0 Å². The van der Waals surface area contributed by atoms with Crippen LogP contribution in [0.5, 0.6) is 0 Å². The highest BCUT2D eigenvalue weighted by atomic mass is 32.2. The Morgan fingerprint density at radius 2 is 2.26 bits per heavy atom. The predicted molar refractivity (Wildman–Crippen MR) is 73.3 cm³/mol. The largest absolute Gasteiger partial charge is 0.336 e. The lowest BCUT2D eigenvalue weighted by Crippen LogP contribution is -2.49. The number of hydrogen-bond donors (Lipinski definition) is 1. The molecule has 2 heterocycles. The van der Waals surface area contributed by atoms with E-state index < -0.39 is 10.0 Å². The molecule has 0 radical (unpaired) electrons. The second-order valence-electron chi connectivity index (χ2n) is 5.07. The van der Waals surface area contributed by atoms with Gasteiger partial charge in [-0.15, -0.1) is 0 Å². The molecule has 6 nitrogen and oxygen atoms in total. The Balaban J connectivity index is 2.17. The number of aryl methyl sites for hydroxylation is 1. The van der Waals surface area contributed by atoms with E-state index in [4.69, 9.17) is 0 Å². The van der Waals surface area contributed by atoms with E-state index in [-0.39, 0.29) is 5.03 Å². The first-order valence-electron chi connectivity index (χ1n) is 6.68.